The van der Waals surface area contributed by atoms with Crippen molar-refractivity contribution < 1.29 is 26.4 Å². The maximum absolute atomic E-state index is 13.9. The zero-order valence-corrected chi connectivity index (χ0v) is 18.9. The number of carbonyl (C=O) groups excluding carboxylic acids is 1. The standard InChI is InChI=1S/C21H20F3N7O3S/c22-21(23,24)16-15-10-12-11-26-19(27-13-4-6-14(7-5-13)35(25,33)34)28-17(12)31(15)20(18(32)30-29-16)8-2-1-3-9-20/h4-7,10-11H,1-3,8-9H2,(H,30,32)(H2,25,33,34)(H,26,27,28). The Balaban J connectivity index is 1.64. The van der Waals surface area contributed by atoms with Gasteiger partial charge in [-0.25, -0.2) is 24.0 Å². The van der Waals surface area contributed by atoms with Crippen molar-refractivity contribution >= 4 is 44.3 Å². The number of amides is 1. The van der Waals surface area contributed by atoms with Crippen LogP contribution in [0.2, 0.25) is 0 Å². The highest BCUT2D eigenvalue weighted by molar-refractivity contribution is 7.89. The Bertz CT molecular complexity index is 1460. The van der Waals surface area contributed by atoms with Gasteiger partial charge in [-0.3, -0.25) is 4.79 Å². The first-order valence-corrected chi connectivity index (χ1v) is 12.3. The average Bonchev–Trinajstić information content (AvgIpc) is 3.12. The molecule has 1 aliphatic carbocycles. The number of nitrogens with one attached hydrogen (secondary N) is 2. The van der Waals surface area contributed by atoms with Crippen molar-refractivity contribution in [1.82, 2.24) is 20.0 Å². The first kappa shape index (κ1) is 23.2. The monoisotopic (exact) mass is 507 g/mol. The van der Waals surface area contributed by atoms with Crippen LogP contribution >= 0.6 is 0 Å². The SMILES string of the molecule is NS(=O)(=O)c1ccc(Nc2ncc3cc4n(c3n2)C2(CCCCC2)C(=O)NN=C4C(F)(F)F)cc1. The van der Waals surface area contributed by atoms with E-state index in [1.807, 2.05) is 0 Å². The summed E-state index contributed by atoms with van der Waals surface area (Å²) in [5, 5.41) is 11.8. The number of hydrogen-bond donors (Lipinski definition) is 3. The first-order valence-electron chi connectivity index (χ1n) is 10.7. The summed E-state index contributed by atoms with van der Waals surface area (Å²) in [7, 11) is -3.87. The molecule has 2 aliphatic rings. The largest absolute Gasteiger partial charge is 0.437 e. The van der Waals surface area contributed by atoms with Gasteiger partial charge in [0.1, 0.15) is 11.2 Å². The maximum atomic E-state index is 13.9. The molecule has 5 rings (SSSR count). The van der Waals surface area contributed by atoms with E-state index in [1.54, 1.807) is 0 Å². The molecular formula is C21H20F3N7O3S. The van der Waals surface area contributed by atoms with Crippen LogP contribution in [0.3, 0.4) is 0 Å². The van der Waals surface area contributed by atoms with Crippen LogP contribution < -0.4 is 15.9 Å². The fourth-order valence-corrected chi connectivity index (χ4v) is 5.19. The van der Waals surface area contributed by atoms with Crippen molar-refractivity contribution in [3.05, 3.63) is 42.2 Å². The number of fused-ring (bicyclic) bond motifs is 4. The predicted octanol–water partition coefficient (Wildman–Crippen LogP) is 2.88. The van der Waals surface area contributed by atoms with Crippen LogP contribution in [0.25, 0.3) is 11.0 Å². The van der Waals surface area contributed by atoms with Gasteiger partial charge in [-0.1, -0.05) is 19.3 Å². The number of nitrogens with two attached hydrogens (primary N) is 1. The Morgan fingerprint density at radius 1 is 1.11 bits per heavy atom. The molecule has 4 N–H and O–H groups in total. The summed E-state index contributed by atoms with van der Waals surface area (Å²) in [6.45, 7) is 0. The number of primary sulfonamides is 1. The van der Waals surface area contributed by atoms with Gasteiger partial charge in [0.25, 0.3) is 5.91 Å². The van der Waals surface area contributed by atoms with Crippen molar-refractivity contribution in [2.45, 2.75) is 48.7 Å². The molecule has 3 aromatic rings. The number of hydrogen-bond acceptors (Lipinski definition) is 7. The molecule has 1 saturated carbocycles. The normalized spacial score (nSPS) is 18.1. The van der Waals surface area contributed by atoms with E-state index in [4.69, 9.17) is 5.14 Å². The van der Waals surface area contributed by atoms with Crippen LogP contribution in [0.4, 0.5) is 24.8 Å². The average molecular weight is 507 g/mol. The second-order valence-electron chi connectivity index (χ2n) is 8.52. The minimum absolute atomic E-state index is 0.0582. The highest BCUT2D eigenvalue weighted by atomic mass is 32.2. The zero-order chi connectivity index (χ0) is 25.0. The van der Waals surface area contributed by atoms with E-state index in [2.05, 4.69) is 25.8 Å². The molecule has 0 unspecified atom stereocenters. The molecule has 0 saturated heterocycles. The maximum Gasteiger partial charge on any atom is 0.437 e. The van der Waals surface area contributed by atoms with E-state index in [0.29, 0.717) is 36.8 Å². The number of aromatic nitrogens is 3. The predicted molar refractivity (Wildman–Crippen MR) is 120 cm³/mol. The van der Waals surface area contributed by atoms with Crippen LogP contribution in [-0.2, 0) is 20.4 Å². The Kier molecular flexibility index (Phi) is 5.32. The van der Waals surface area contributed by atoms with E-state index in [9.17, 15) is 26.4 Å². The van der Waals surface area contributed by atoms with Gasteiger partial charge in [0.05, 0.1) is 10.6 Å². The zero-order valence-electron chi connectivity index (χ0n) is 18.1. The number of alkyl halides is 3. The molecule has 1 amide bonds. The molecule has 0 atom stereocenters. The lowest BCUT2D eigenvalue weighted by Gasteiger charge is -2.37. The van der Waals surface area contributed by atoms with Crippen molar-refractivity contribution in [1.29, 1.82) is 0 Å². The third kappa shape index (κ3) is 4.01. The van der Waals surface area contributed by atoms with Gasteiger partial charge in [-0.15, -0.1) is 0 Å². The van der Waals surface area contributed by atoms with Gasteiger partial charge in [-0.2, -0.15) is 23.3 Å². The van der Waals surface area contributed by atoms with Gasteiger partial charge in [-0.05, 0) is 43.2 Å². The number of carbonyl (C=O) groups is 1. The number of nitrogens with zero attached hydrogens (tertiary/aromatic N) is 4. The molecule has 1 aliphatic heterocycles. The van der Waals surface area contributed by atoms with E-state index in [-0.39, 0.29) is 22.2 Å². The Morgan fingerprint density at radius 3 is 2.43 bits per heavy atom. The highest BCUT2D eigenvalue weighted by Gasteiger charge is 2.49. The number of benzene rings is 1. The van der Waals surface area contributed by atoms with Crippen molar-refractivity contribution in [2.24, 2.45) is 10.2 Å². The van der Waals surface area contributed by atoms with Crippen molar-refractivity contribution in [3.63, 3.8) is 0 Å². The smallest absolute Gasteiger partial charge is 0.324 e. The highest BCUT2D eigenvalue weighted by Crippen LogP contribution is 2.42. The summed E-state index contributed by atoms with van der Waals surface area (Å²) in [5.74, 6) is -0.551. The second kappa shape index (κ2) is 8.02. The van der Waals surface area contributed by atoms with Gasteiger partial charge in [0, 0.05) is 17.3 Å². The van der Waals surface area contributed by atoms with Gasteiger partial charge in [0.15, 0.2) is 5.71 Å². The Hall–Kier alpha value is -3.52. The fourth-order valence-electron chi connectivity index (χ4n) is 4.68. The molecule has 184 valence electrons. The summed E-state index contributed by atoms with van der Waals surface area (Å²) in [4.78, 5) is 21.7. The number of anilines is 2. The lowest BCUT2D eigenvalue weighted by Crippen LogP contribution is -2.48. The van der Waals surface area contributed by atoms with Crippen LogP contribution in [0.5, 0.6) is 0 Å². The number of sulfonamides is 1. The number of halogens is 3. The lowest BCUT2D eigenvalue weighted by atomic mass is 9.80. The first-order chi connectivity index (χ1) is 16.5. The molecule has 14 heteroatoms. The molecule has 0 bridgehead atoms. The Morgan fingerprint density at radius 2 is 1.80 bits per heavy atom. The van der Waals surface area contributed by atoms with E-state index in [0.717, 1.165) is 6.42 Å². The molecule has 1 aromatic carbocycles. The summed E-state index contributed by atoms with van der Waals surface area (Å²) in [6.07, 6.45) is -0.545. The van der Waals surface area contributed by atoms with Crippen LogP contribution in [0.1, 0.15) is 37.8 Å². The third-order valence-corrected chi connectivity index (χ3v) is 7.22. The fraction of sp³-hybridized carbons (Fsp3) is 0.333. The third-order valence-electron chi connectivity index (χ3n) is 6.29. The topological polar surface area (TPSA) is 144 Å². The molecule has 1 spiro atoms. The minimum atomic E-state index is -4.81. The lowest BCUT2D eigenvalue weighted by molar-refractivity contribution is -0.131. The second-order valence-corrected chi connectivity index (χ2v) is 10.1. The van der Waals surface area contributed by atoms with Gasteiger partial charge < -0.3 is 9.88 Å². The van der Waals surface area contributed by atoms with Crippen LogP contribution in [0.15, 0.2) is 46.5 Å². The quantitative estimate of drug-likeness (QED) is 0.497. The number of rotatable bonds is 3. The molecule has 10 nitrogen and oxygen atoms in total. The summed E-state index contributed by atoms with van der Waals surface area (Å²) < 4.78 is 66.0. The Labute approximate surface area is 197 Å². The van der Waals surface area contributed by atoms with E-state index in [1.165, 1.54) is 41.1 Å². The molecular weight excluding hydrogens is 487 g/mol. The van der Waals surface area contributed by atoms with Crippen molar-refractivity contribution in [2.75, 3.05) is 5.32 Å². The molecule has 1 fully saturated rings. The minimum Gasteiger partial charge on any atom is -0.324 e. The molecule has 2 aromatic heterocycles. The van der Waals surface area contributed by atoms with Crippen LogP contribution in [-0.4, -0.2) is 40.7 Å². The molecule has 0 radical (unpaired) electrons. The van der Waals surface area contributed by atoms with Gasteiger partial charge >= 0.3 is 6.18 Å². The molecule has 35 heavy (non-hydrogen) atoms. The summed E-state index contributed by atoms with van der Waals surface area (Å²) >= 11 is 0. The van der Waals surface area contributed by atoms with Crippen molar-refractivity contribution in [3.8, 4) is 0 Å². The van der Waals surface area contributed by atoms with Crippen LogP contribution in [0, 0.1) is 0 Å². The van der Waals surface area contributed by atoms with Gasteiger partial charge in [0.2, 0.25) is 16.0 Å². The number of hydrazone groups is 1. The van der Waals surface area contributed by atoms with E-state index >= 15 is 0 Å². The molecule has 3 heterocycles. The summed E-state index contributed by atoms with van der Waals surface area (Å²) in [5.41, 5.74) is -0.0159. The van der Waals surface area contributed by atoms with E-state index < -0.39 is 33.4 Å². The summed E-state index contributed by atoms with van der Waals surface area (Å²) in [6, 6.07) is 6.80.